The Labute approximate surface area is 255 Å². The van der Waals surface area contributed by atoms with E-state index in [1.165, 1.54) is 6.42 Å². The Kier molecular flexibility index (Phi) is 8.56. The molecule has 1 aromatic carbocycles. The van der Waals surface area contributed by atoms with Crippen molar-refractivity contribution in [3.63, 3.8) is 0 Å². The minimum Gasteiger partial charge on any atom is -0.393 e. The fourth-order valence-electron chi connectivity index (χ4n) is 11.4. The highest BCUT2D eigenvalue weighted by Crippen LogP contribution is 2.69. The summed E-state index contributed by atoms with van der Waals surface area (Å²) in [7, 11) is -3.60. The third-order valence-electron chi connectivity index (χ3n) is 13.6. The summed E-state index contributed by atoms with van der Waals surface area (Å²) < 4.78 is 29.9. The van der Waals surface area contributed by atoms with Gasteiger partial charge in [-0.1, -0.05) is 40.2 Å². The van der Waals surface area contributed by atoms with E-state index in [9.17, 15) is 18.6 Å². The fourth-order valence-corrected chi connectivity index (χ4v) is 12.6. The van der Waals surface area contributed by atoms with Crippen molar-refractivity contribution < 1.29 is 18.6 Å². The molecule has 0 aromatic heterocycles. The molecule has 3 N–H and O–H groups in total. The van der Waals surface area contributed by atoms with Gasteiger partial charge in [0.05, 0.1) is 17.1 Å². The van der Waals surface area contributed by atoms with Crippen LogP contribution in [-0.2, 0) is 10.0 Å². The summed E-state index contributed by atoms with van der Waals surface area (Å²) in [6.07, 6.45) is 11.4. The van der Waals surface area contributed by atoms with Crippen molar-refractivity contribution in [1.82, 2.24) is 4.72 Å². The van der Waals surface area contributed by atoms with E-state index in [4.69, 9.17) is 0 Å². The molecule has 1 saturated heterocycles. The Bertz CT molecular complexity index is 1220. The van der Waals surface area contributed by atoms with Gasteiger partial charge < -0.3 is 15.1 Å². The van der Waals surface area contributed by atoms with Crippen molar-refractivity contribution >= 4 is 15.7 Å². The Morgan fingerprint density at radius 2 is 1.69 bits per heavy atom. The lowest BCUT2D eigenvalue weighted by molar-refractivity contribution is -0.203. The van der Waals surface area contributed by atoms with Crippen molar-refractivity contribution in [3.8, 4) is 0 Å². The van der Waals surface area contributed by atoms with E-state index in [1.54, 1.807) is 6.07 Å². The Balaban J connectivity index is 1.16. The molecule has 6 nitrogen and oxygen atoms in total. The monoisotopic (exact) mass is 600 g/mol. The first-order valence-corrected chi connectivity index (χ1v) is 18.7. The maximum absolute atomic E-state index is 13.5. The Hall–Kier alpha value is -1.15. The summed E-state index contributed by atoms with van der Waals surface area (Å²) in [5, 5.41) is 22.5. The Morgan fingerprint density at radius 3 is 2.43 bits per heavy atom. The highest BCUT2D eigenvalue weighted by Gasteiger charge is 2.64. The molecule has 42 heavy (non-hydrogen) atoms. The van der Waals surface area contributed by atoms with Crippen LogP contribution < -0.4 is 9.62 Å². The van der Waals surface area contributed by atoms with Crippen LogP contribution >= 0.6 is 0 Å². The van der Waals surface area contributed by atoms with Gasteiger partial charge in [-0.05, 0) is 135 Å². The van der Waals surface area contributed by atoms with Gasteiger partial charge in [0.15, 0.2) is 0 Å². The van der Waals surface area contributed by atoms with Gasteiger partial charge in [0.1, 0.15) is 0 Å². The van der Waals surface area contributed by atoms with E-state index in [1.807, 2.05) is 18.2 Å². The van der Waals surface area contributed by atoms with Crippen molar-refractivity contribution in [2.24, 2.45) is 52.3 Å². The number of aliphatic hydroxyl groups is 2. The van der Waals surface area contributed by atoms with Gasteiger partial charge in [0.2, 0.25) is 10.0 Å². The van der Waals surface area contributed by atoms with Crippen LogP contribution in [0.5, 0.6) is 0 Å². The van der Waals surface area contributed by atoms with Gasteiger partial charge in [-0.25, -0.2) is 13.1 Å². The normalized spacial score (nSPS) is 42.9. The molecule has 4 saturated carbocycles. The van der Waals surface area contributed by atoms with E-state index in [-0.39, 0.29) is 34.9 Å². The van der Waals surface area contributed by atoms with E-state index >= 15 is 0 Å². The molecule has 236 valence electrons. The maximum Gasteiger partial charge on any atom is 0.240 e. The smallest absolute Gasteiger partial charge is 0.240 e. The number of benzene rings is 1. The zero-order valence-electron chi connectivity index (χ0n) is 26.5. The van der Waals surface area contributed by atoms with Gasteiger partial charge in [0, 0.05) is 25.3 Å². The number of aliphatic hydroxyl groups excluding tert-OH is 2. The average molecular weight is 601 g/mol. The largest absolute Gasteiger partial charge is 0.393 e. The standard InChI is InChI=1S/C35H56N2O4S/c1-5-27-31-21-25(38)14-16-35(31,4)30-15-17-34(3)28(12-13-29(34)32(30)33(27)39)23(2)22-36-42(40,41)26-11-9-10-24(20-26)37-18-7-6-8-19-37/h9-11,20,23,25,27-33,36,38-39H,5-8,12-19,21-22H2,1-4H3/t23-,25-,27-,28-,29+,30+,31+,32+,33-,34-,35-/m1/s1. The molecule has 5 aliphatic rings. The number of nitrogens with zero attached hydrogens (tertiary/aromatic N) is 1. The second kappa shape index (κ2) is 11.7. The van der Waals surface area contributed by atoms with Crippen LogP contribution in [-0.4, -0.2) is 50.5 Å². The molecule has 6 rings (SSSR count). The van der Waals surface area contributed by atoms with Crippen molar-refractivity contribution in [1.29, 1.82) is 0 Å². The summed E-state index contributed by atoms with van der Waals surface area (Å²) in [5.41, 5.74) is 1.33. The summed E-state index contributed by atoms with van der Waals surface area (Å²) in [5.74, 6) is 2.66. The van der Waals surface area contributed by atoms with Gasteiger partial charge in [-0.3, -0.25) is 0 Å². The second-order valence-corrected chi connectivity index (χ2v) is 17.3. The van der Waals surface area contributed by atoms with Crippen molar-refractivity contribution in [2.75, 3.05) is 24.5 Å². The number of hydrogen-bond acceptors (Lipinski definition) is 5. The molecule has 0 radical (unpaired) electrons. The number of hydrogen-bond donors (Lipinski definition) is 3. The number of rotatable bonds is 7. The minimum atomic E-state index is -3.60. The number of nitrogens with one attached hydrogen (secondary N) is 1. The van der Waals surface area contributed by atoms with Crippen molar-refractivity contribution in [3.05, 3.63) is 24.3 Å². The summed E-state index contributed by atoms with van der Waals surface area (Å²) in [4.78, 5) is 2.67. The first-order chi connectivity index (χ1) is 20.0. The molecule has 0 bridgehead atoms. The first-order valence-electron chi connectivity index (χ1n) is 17.2. The van der Waals surface area contributed by atoms with E-state index < -0.39 is 10.0 Å². The molecular formula is C35H56N2O4S. The number of fused-ring (bicyclic) bond motifs is 5. The average Bonchev–Trinajstić information content (AvgIpc) is 3.35. The van der Waals surface area contributed by atoms with Crippen LogP contribution in [0.4, 0.5) is 5.69 Å². The molecular weight excluding hydrogens is 544 g/mol. The predicted octanol–water partition coefficient (Wildman–Crippen LogP) is 6.22. The molecule has 0 unspecified atom stereocenters. The summed E-state index contributed by atoms with van der Waals surface area (Å²) in [6.45, 7) is 11.9. The Morgan fingerprint density at radius 1 is 0.976 bits per heavy atom. The minimum absolute atomic E-state index is 0.122. The van der Waals surface area contributed by atoms with Crippen LogP contribution in [0.3, 0.4) is 0 Å². The van der Waals surface area contributed by atoms with Crippen LogP contribution in [0.25, 0.3) is 0 Å². The van der Waals surface area contributed by atoms with Gasteiger partial charge >= 0.3 is 0 Å². The quantitative estimate of drug-likeness (QED) is 0.346. The summed E-state index contributed by atoms with van der Waals surface area (Å²) in [6, 6.07) is 7.48. The highest BCUT2D eigenvalue weighted by molar-refractivity contribution is 7.89. The fraction of sp³-hybridized carbons (Fsp3) is 0.829. The molecule has 1 heterocycles. The van der Waals surface area contributed by atoms with Crippen LogP contribution in [0.1, 0.15) is 98.3 Å². The maximum atomic E-state index is 13.5. The van der Waals surface area contributed by atoms with E-state index in [0.29, 0.717) is 41.0 Å². The molecule has 0 spiro atoms. The number of piperidine rings is 1. The number of anilines is 1. The van der Waals surface area contributed by atoms with E-state index in [2.05, 4.69) is 37.3 Å². The zero-order valence-corrected chi connectivity index (χ0v) is 27.3. The molecule has 0 amide bonds. The molecule has 1 aromatic rings. The molecule has 11 atom stereocenters. The van der Waals surface area contributed by atoms with Crippen LogP contribution in [0, 0.1) is 52.3 Å². The molecule has 7 heteroatoms. The lowest BCUT2D eigenvalue weighted by Crippen LogP contribution is -2.62. The van der Waals surface area contributed by atoms with Gasteiger partial charge in [-0.15, -0.1) is 0 Å². The third kappa shape index (κ3) is 5.16. The first kappa shape index (κ1) is 30.9. The lowest BCUT2D eigenvalue weighted by atomic mass is 9.41. The topological polar surface area (TPSA) is 89.9 Å². The van der Waals surface area contributed by atoms with Crippen LogP contribution in [0.15, 0.2) is 29.2 Å². The SMILES string of the molecule is CC[C@H]1[C@@H](O)[C@@H]2[C@H](CC[C@]3(C)[C@@H]([C@H](C)CNS(=O)(=O)c4cccc(N5CCCCC5)c4)CC[C@@H]23)[C@@]2(C)CC[C@@H](O)C[C@@H]12. The van der Waals surface area contributed by atoms with E-state index in [0.717, 1.165) is 83.0 Å². The third-order valence-corrected chi connectivity index (χ3v) is 15.0. The second-order valence-electron chi connectivity index (χ2n) is 15.5. The van der Waals surface area contributed by atoms with Crippen molar-refractivity contribution in [2.45, 2.75) is 115 Å². The summed E-state index contributed by atoms with van der Waals surface area (Å²) >= 11 is 0. The van der Waals surface area contributed by atoms with Gasteiger partial charge in [0.25, 0.3) is 0 Å². The molecule has 5 fully saturated rings. The molecule has 4 aliphatic carbocycles. The number of sulfonamides is 1. The van der Waals surface area contributed by atoms with Gasteiger partial charge in [-0.2, -0.15) is 0 Å². The zero-order chi connectivity index (χ0) is 29.9. The molecule has 1 aliphatic heterocycles. The van der Waals surface area contributed by atoms with Crippen LogP contribution in [0.2, 0.25) is 0 Å². The predicted molar refractivity (Wildman–Crippen MR) is 169 cm³/mol. The highest BCUT2D eigenvalue weighted by atomic mass is 32.2. The lowest BCUT2D eigenvalue weighted by Gasteiger charge is -2.64.